The summed E-state index contributed by atoms with van der Waals surface area (Å²) < 4.78 is 0. The highest BCUT2D eigenvalue weighted by atomic mass is 16.3. The average molecular weight is 231 g/mol. The van der Waals surface area contributed by atoms with Crippen molar-refractivity contribution in [3.05, 3.63) is 41.5 Å². The molecule has 0 radical (unpaired) electrons. The lowest BCUT2D eigenvalue weighted by Gasteiger charge is -2.12. The summed E-state index contributed by atoms with van der Waals surface area (Å²) in [6.07, 6.45) is 3.72. The highest BCUT2D eigenvalue weighted by molar-refractivity contribution is 5.92. The normalized spacial score (nSPS) is 20.1. The summed E-state index contributed by atoms with van der Waals surface area (Å²) in [7, 11) is 0. The van der Waals surface area contributed by atoms with Gasteiger partial charge in [0.25, 0.3) is 0 Å². The van der Waals surface area contributed by atoms with Crippen molar-refractivity contribution in [3.63, 3.8) is 0 Å². The lowest BCUT2D eigenvalue weighted by Crippen LogP contribution is -2.27. The molecule has 3 nitrogen and oxygen atoms in total. The predicted octanol–water partition coefficient (Wildman–Crippen LogP) is 1.60. The van der Waals surface area contributed by atoms with Crippen LogP contribution in [0.5, 0.6) is 0 Å². The van der Waals surface area contributed by atoms with Gasteiger partial charge in [0.05, 0.1) is 6.10 Å². The summed E-state index contributed by atoms with van der Waals surface area (Å²) in [4.78, 5) is 13.5. The molecule has 1 N–H and O–H groups in total. The molecule has 90 valence electrons. The van der Waals surface area contributed by atoms with Gasteiger partial charge < -0.3 is 10.0 Å². The lowest BCUT2D eigenvalue weighted by molar-refractivity contribution is -0.125. The van der Waals surface area contributed by atoms with E-state index in [4.69, 9.17) is 0 Å². The van der Waals surface area contributed by atoms with E-state index in [-0.39, 0.29) is 12.0 Å². The van der Waals surface area contributed by atoms with Crippen LogP contribution in [-0.4, -0.2) is 35.1 Å². The molecule has 1 fully saturated rings. The minimum absolute atomic E-state index is 0.0249. The van der Waals surface area contributed by atoms with Gasteiger partial charge in [-0.3, -0.25) is 4.79 Å². The Morgan fingerprint density at radius 2 is 2.35 bits per heavy atom. The lowest BCUT2D eigenvalue weighted by atomic mass is 10.1. The number of amides is 1. The summed E-state index contributed by atoms with van der Waals surface area (Å²) >= 11 is 0. The quantitative estimate of drug-likeness (QED) is 0.785. The molecule has 1 aromatic carbocycles. The smallest absolute Gasteiger partial charge is 0.246 e. The second kappa shape index (κ2) is 5.15. The maximum absolute atomic E-state index is 11.8. The van der Waals surface area contributed by atoms with Gasteiger partial charge in [-0.05, 0) is 25.0 Å². The van der Waals surface area contributed by atoms with E-state index in [9.17, 15) is 9.90 Å². The molecule has 0 unspecified atom stereocenters. The zero-order valence-corrected chi connectivity index (χ0v) is 9.97. The number of hydrogen-bond donors (Lipinski definition) is 1. The standard InChI is InChI=1S/C14H17NO2/c1-11-3-2-4-12(9-11)5-6-14(17)15-8-7-13(16)10-15/h2-6,9,13,16H,7-8,10H2,1H3/t13-/m1/s1. The third-order valence-electron chi connectivity index (χ3n) is 2.94. The Balaban J connectivity index is 1.98. The van der Waals surface area contributed by atoms with Crippen LogP contribution in [0.4, 0.5) is 0 Å². The van der Waals surface area contributed by atoms with Crippen molar-refractivity contribution in [2.45, 2.75) is 19.4 Å². The SMILES string of the molecule is Cc1cccc(C=CC(=O)N2CC[C@@H](O)C2)c1. The molecule has 0 saturated carbocycles. The van der Waals surface area contributed by atoms with Gasteiger partial charge in [-0.25, -0.2) is 0 Å². The van der Waals surface area contributed by atoms with Crippen molar-refractivity contribution in [2.24, 2.45) is 0 Å². The number of hydrogen-bond acceptors (Lipinski definition) is 2. The van der Waals surface area contributed by atoms with Gasteiger partial charge in [0, 0.05) is 19.2 Å². The van der Waals surface area contributed by atoms with Crippen LogP contribution in [0.15, 0.2) is 30.3 Å². The summed E-state index contributed by atoms with van der Waals surface area (Å²) in [5.74, 6) is -0.0249. The average Bonchev–Trinajstić information content (AvgIpc) is 2.73. The van der Waals surface area contributed by atoms with E-state index >= 15 is 0 Å². The molecule has 1 saturated heterocycles. The number of aliphatic hydroxyl groups is 1. The first-order chi connectivity index (χ1) is 8.15. The molecule has 0 spiro atoms. The number of carbonyl (C=O) groups excluding carboxylic acids is 1. The maximum Gasteiger partial charge on any atom is 0.246 e. The van der Waals surface area contributed by atoms with Crippen LogP contribution < -0.4 is 0 Å². The van der Waals surface area contributed by atoms with Gasteiger partial charge in [0.1, 0.15) is 0 Å². The highest BCUT2D eigenvalue weighted by Gasteiger charge is 2.22. The first-order valence-corrected chi connectivity index (χ1v) is 5.87. The predicted molar refractivity (Wildman–Crippen MR) is 67.4 cm³/mol. The number of β-amino-alcohol motifs (C(OH)–C–C–N with tert-alkyl or cyclic N) is 1. The topological polar surface area (TPSA) is 40.5 Å². The molecule has 1 atom stereocenters. The number of rotatable bonds is 2. The molecule has 2 rings (SSSR count). The minimum atomic E-state index is -0.355. The third-order valence-corrected chi connectivity index (χ3v) is 2.94. The Hall–Kier alpha value is -1.61. The fraction of sp³-hybridized carbons (Fsp3) is 0.357. The van der Waals surface area contributed by atoms with Crippen LogP contribution in [0.1, 0.15) is 17.5 Å². The monoisotopic (exact) mass is 231 g/mol. The van der Waals surface area contributed by atoms with Crippen LogP contribution in [-0.2, 0) is 4.79 Å². The second-order valence-electron chi connectivity index (χ2n) is 4.47. The first kappa shape index (κ1) is 11.9. The molecule has 1 heterocycles. The van der Waals surface area contributed by atoms with Gasteiger partial charge in [-0.1, -0.05) is 29.8 Å². The number of benzene rings is 1. The molecule has 3 heteroatoms. The summed E-state index contributed by atoms with van der Waals surface area (Å²) in [5, 5.41) is 9.35. The first-order valence-electron chi connectivity index (χ1n) is 5.87. The third kappa shape index (κ3) is 3.17. The van der Waals surface area contributed by atoms with Crippen molar-refractivity contribution in [3.8, 4) is 0 Å². The Morgan fingerprint density at radius 1 is 1.53 bits per heavy atom. The van der Waals surface area contributed by atoms with E-state index in [1.54, 1.807) is 11.0 Å². The summed E-state index contributed by atoms with van der Waals surface area (Å²) in [6.45, 7) is 3.13. The Kier molecular flexibility index (Phi) is 3.59. The zero-order chi connectivity index (χ0) is 12.3. The van der Waals surface area contributed by atoms with E-state index in [0.29, 0.717) is 19.5 Å². The van der Waals surface area contributed by atoms with Crippen molar-refractivity contribution in [1.29, 1.82) is 0 Å². The van der Waals surface area contributed by atoms with Crippen LogP contribution in [0.25, 0.3) is 6.08 Å². The van der Waals surface area contributed by atoms with E-state index < -0.39 is 0 Å². The van der Waals surface area contributed by atoms with Crippen LogP contribution in [0.2, 0.25) is 0 Å². The van der Waals surface area contributed by atoms with Gasteiger partial charge in [-0.2, -0.15) is 0 Å². The van der Waals surface area contributed by atoms with Crippen molar-refractivity contribution in [2.75, 3.05) is 13.1 Å². The van der Waals surface area contributed by atoms with Crippen molar-refractivity contribution < 1.29 is 9.90 Å². The van der Waals surface area contributed by atoms with Crippen molar-refractivity contribution in [1.82, 2.24) is 4.90 Å². The van der Waals surface area contributed by atoms with Gasteiger partial charge >= 0.3 is 0 Å². The molecule has 1 aliphatic rings. The van der Waals surface area contributed by atoms with E-state index in [0.717, 1.165) is 5.56 Å². The number of carbonyl (C=O) groups is 1. The minimum Gasteiger partial charge on any atom is -0.391 e. The number of aryl methyl sites for hydroxylation is 1. The Labute approximate surface area is 101 Å². The fourth-order valence-electron chi connectivity index (χ4n) is 1.99. The summed E-state index contributed by atoms with van der Waals surface area (Å²) in [6, 6.07) is 7.99. The molecule has 17 heavy (non-hydrogen) atoms. The fourth-order valence-corrected chi connectivity index (χ4v) is 1.99. The van der Waals surface area contributed by atoms with Crippen molar-refractivity contribution >= 4 is 12.0 Å². The van der Waals surface area contributed by atoms with E-state index in [1.165, 1.54) is 5.56 Å². The number of aliphatic hydroxyl groups excluding tert-OH is 1. The van der Waals surface area contributed by atoms with E-state index in [1.807, 2.05) is 37.3 Å². The van der Waals surface area contributed by atoms with Gasteiger partial charge in [0.2, 0.25) is 5.91 Å². The molecule has 1 amide bonds. The molecule has 1 aliphatic heterocycles. The van der Waals surface area contributed by atoms with Gasteiger partial charge in [0.15, 0.2) is 0 Å². The molecule has 0 bridgehead atoms. The van der Waals surface area contributed by atoms with Crippen LogP contribution in [0.3, 0.4) is 0 Å². The number of likely N-dealkylation sites (tertiary alicyclic amines) is 1. The maximum atomic E-state index is 11.8. The van der Waals surface area contributed by atoms with Crippen LogP contribution >= 0.6 is 0 Å². The second-order valence-corrected chi connectivity index (χ2v) is 4.47. The Bertz CT molecular complexity index is 440. The molecule has 0 aliphatic carbocycles. The molecular weight excluding hydrogens is 214 g/mol. The highest BCUT2D eigenvalue weighted by Crippen LogP contribution is 2.10. The van der Waals surface area contributed by atoms with Crippen LogP contribution in [0, 0.1) is 6.92 Å². The zero-order valence-electron chi connectivity index (χ0n) is 9.97. The molecular formula is C14H17NO2. The molecule has 1 aromatic rings. The largest absolute Gasteiger partial charge is 0.391 e. The van der Waals surface area contributed by atoms with Gasteiger partial charge in [-0.15, -0.1) is 0 Å². The number of nitrogens with zero attached hydrogens (tertiary/aromatic N) is 1. The molecule has 0 aromatic heterocycles. The van der Waals surface area contributed by atoms with E-state index in [2.05, 4.69) is 0 Å². The Morgan fingerprint density at radius 3 is 3.00 bits per heavy atom. The summed E-state index contributed by atoms with van der Waals surface area (Å²) in [5.41, 5.74) is 2.20.